The minimum Gasteiger partial charge on any atom is -0.497 e. The van der Waals surface area contributed by atoms with E-state index in [1.807, 2.05) is 48.5 Å². The summed E-state index contributed by atoms with van der Waals surface area (Å²) >= 11 is 0. The van der Waals surface area contributed by atoms with Crippen LogP contribution in [0.5, 0.6) is 11.5 Å². The number of amidine groups is 1. The highest BCUT2D eigenvalue weighted by atomic mass is 16.7. The van der Waals surface area contributed by atoms with Crippen molar-refractivity contribution in [1.82, 2.24) is 4.90 Å². The standard InChI is InChI=1S/C20H22N2O5/c1-4-26-18(23)13-22-19(14-5-9-16(24-2)10-6-14)21-27-20(22)15-7-11-17(25-3)12-8-15/h5-12,20H,4,13H2,1-3H3. The molecule has 0 fully saturated rings. The second-order valence-corrected chi connectivity index (χ2v) is 5.81. The topological polar surface area (TPSA) is 69.6 Å². The third kappa shape index (κ3) is 4.13. The smallest absolute Gasteiger partial charge is 0.325 e. The van der Waals surface area contributed by atoms with Crippen LogP contribution in [0.3, 0.4) is 0 Å². The van der Waals surface area contributed by atoms with Gasteiger partial charge in [0.1, 0.15) is 18.0 Å². The molecule has 7 nitrogen and oxygen atoms in total. The Hall–Kier alpha value is -3.22. The fourth-order valence-corrected chi connectivity index (χ4v) is 2.79. The number of nitrogens with zero attached hydrogens (tertiary/aromatic N) is 2. The van der Waals surface area contributed by atoms with Gasteiger partial charge in [0.05, 0.1) is 20.8 Å². The molecule has 1 unspecified atom stereocenters. The maximum atomic E-state index is 12.1. The molecule has 7 heteroatoms. The molecular formula is C20H22N2O5. The van der Waals surface area contributed by atoms with Crippen molar-refractivity contribution >= 4 is 11.8 Å². The van der Waals surface area contributed by atoms with Gasteiger partial charge in [0.15, 0.2) is 5.84 Å². The molecule has 0 amide bonds. The summed E-state index contributed by atoms with van der Waals surface area (Å²) in [5.74, 6) is 1.70. The van der Waals surface area contributed by atoms with Gasteiger partial charge in [0.25, 0.3) is 0 Å². The zero-order valence-electron chi connectivity index (χ0n) is 15.5. The van der Waals surface area contributed by atoms with E-state index in [1.165, 1.54) is 0 Å². The lowest BCUT2D eigenvalue weighted by Gasteiger charge is -2.24. The molecule has 0 spiro atoms. The van der Waals surface area contributed by atoms with Gasteiger partial charge < -0.3 is 23.9 Å². The Morgan fingerprint density at radius 3 is 2.19 bits per heavy atom. The predicted octanol–water partition coefficient (Wildman–Crippen LogP) is 2.96. The number of oxime groups is 1. The lowest BCUT2D eigenvalue weighted by Crippen LogP contribution is -2.36. The van der Waals surface area contributed by atoms with Crippen LogP contribution in [0.1, 0.15) is 24.3 Å². The van der Waals surface area contributed by atoms with Crippen molar-refractivity contribution in [3.63, 3.8) is 0 Å². The SMILES string of the molecule is CCOC(=O)CN1C(c2ccc(OC)cc2)=NOC1c1ccc(OC)cc1. The normalized spacial score (nSPS) is 15.7. The number of carbonyl (C=O) groups is 1. The van der Waals surface area contributed by atoms with Crippen molar-refractivity contribution in [3.8, 4) is 11.5 Å². The molecule has 1 aliphatic heterocycles. The van der Waals surface area contributed by atoms with E-state index in [4.69, 9.17) is 19.0 Å². The number of rotatable bonds is 7. The van der Waals surface area contributed by atoms with Crippen LogP contribution in [0.25, 0.3) is 0 Å². The molecule has 0 bridgehead atoms. The molecular weight excluding hydrogens is 348 g/mol. The number of benzene rings is 2. The fourth-order valence-electron chi connectivity index (χ4n) is 2.79. The van der Waals surface area contributed by atoms with Crippen molar-refractivity contribution in [2.75, 3.05) is 27.4 Å². The molecule has 1 heterocycles. The van der Waals surface area contributed by atoms with Crippen LogP contribution in [0.2, 0.25) is 0 Å². The van der Waals surface area contributed by atoms with E-state index < -0.39 is 6.23 Å². The van der Waals surface area contributed by atoms with Gasteiger partial charge in [-0.25, -0.2) is 0 Å². The summed E-state index contributed by atoms with van der Waals surface area (Å²) < 4.78 is 15.5. The van der Waals surface area contributed by atoms with Crippen LogP contribution < -0.4 is 9.47 Å². The van der Waals surface area contributed by atoms with Crippen molar-refractivity contribution in [3.05, 3.63) is 59.7 Å². The lowest BCUT2D eigenvalue weighted by molar-refractivity contribution is -0.145. The highest BCUT2D eigenvalue weighted by Gasteiger charge is 2.34. The predicted molar refractivity (Wildman–Crippen MR) is 99.7 cm³/mol. The van der Waals surface area contributed by atoms with E-state index in [9.17, 15) is 4.79 Å². The highest BCUT2D eigenvalue weighted by Crippen LogP contribution is 2.31. The Kier molecular flexibility index (Phi) is 5.80. The average Bonchev–Trinajstić information content (AvgIpc) is 3.11. The zero-order valence-corrected chi connectivity index (χ0v) is 15.5. The summed E-state index contributed by atoms with van der Waals surface area (Å²) in [7, 11) is 3.22. The lowest BCUT2D eigenvalue weighted by atomic mass is 10.1. The molecule has 0 saturated heterocycles. The first-order chi connectivity index (χ1) is 13.2. The van der Waals surface area contributed by atoms with Crippen LogP contribution in [-0.2, 0) is 14.4 Å². The van der Waals surface area contributed by atoms with E-state index in [1.54, 1.807) is 26.0 Å². The number of hydrogen-bond donors (Lipinski definition) is 0. The van der Waals surface area contributed by atoms with Crippen LogP contribution >= 0.6 is 0 Å². The molecule has 27 heavy (non-hydrogen) atoms. The molecule has 1 atom stereocenters. The van der Waals surface area contributed by atoms with Gasteiger partial charge in [-0.05, 0) is 55.5 Å². The number of ether oxygens (including phenoxy) is 3. The van der Waals surface area contributed by atoms with Crippen LogP contribution in [-0.4, -0.2) is 44.1 Å². The van der Waals surface area contributed by atoms with Gasteiger partial charge in [-0.3, -0.25) is 4.79 Å². The summed E-state index contributed by atoms with van der Waals surface area (Å²) in [4.78, 5) is 19.6. The number of methoxy groups -OCH3 is 2. The largest absolute Gasteiger partial charge is 0.497 e. The van der Waals surface area contributed by atoms with Crippen molar-refractivity contribution in [2.24, 2.45) is 5.16 Å². The molecule has 0 radical (unpaired) electrons. The first-order valence-corrected chi connectivity index (χ1v) is 8.60. The highest BCUT2D eigenvalue weighted by molar-refractivity contribution is 6.00. The zero-order chi connectivity index (χ0) is 19.2. The average molecular weight is 370 g/mol. The van der Waals surface area contributed by atoms with Gasteiger partial charge in [-0.2, -0.15) is 0 Å². The molecule has 1 aliphatic rings. The van der Waals surface area contributed by atoms with E-state index in [0.29, 0.717) is 12.4 Å². The van der Waals surface area contributed by atoms with E-state index in [-0.39, 0.29) is 12.5 Å². The molecule has 142 valence electrons. The third-order valence-electron chi connectivity index (χ3n) is 4.15. The second-order valence-electron chi connectivity index (χ2n) is 5.81. The van der Waals surface area contributed by atoms with Crippen molar-refractivity contribution in [2.45, 2.75) is 13.2 Å². The minimum absolute atomic E-state index is 0.0232. The summed E-state index contributed by atoms with van der Waals surface area (Å²) in [6, 6.07) is 14.9. The molecule has 2 aromatic carbocycles. The number of carbonyl (C=O) groups excluding carboxylic acids is 1. The molecule has 2 aromatic rings. The van der Waals surface area contributed by atoms with Gasteiger partial charge in [0, 0.05) is 11.1 Å². The molecule has 0 aromatic heterocycles. The van der Waals surface area contributed by atoms with E-state index in [2.05, 4.69) is 5.16 Å². The maximum Gasteiger partial charge on any atom is 0.325 e. The molecule has 0 aliphatic carbocycles. The quantitative estimate of drug-likeness (QED) is 0.698. The van der Waals surface area contributed by atoms with Crippen LogP contribution in [0, 0.1) is 0 Å². The van der Waals surface area contributed by atoms with Crippen LogP contribution in [0.4, 0.5) is 0 Å². The Morgan fingerprint density at radius 1 is 1.04 bits per heavy atom. The summed E-state index contributed by atoms with van der Waals surface area (Å²) in [5.41, 5.74) is 1.67. The molecule has 0 saturated carbocycles. The van der Waals surface area contributed by atoms with Gasteiger partial charge >= 0.3 is 5.97 Å². The Morgan fingerprint density at radius 2 is 1.63 bits per heavy atom. The first-order valence-electron chi connectivity index (χ1n) is 8.60. The summed E-state index contributed by atoms with van der Waals surface area (Å²) in [6.45, 7) is 2.11. The summed E-state index contributed by atoms with van der Waals surface area (Å²) in [5, 5.41) is 4.22. The molecule has 3 rings (SSSR count). The van der Waals surface area contributed by atoms with Crippen molar-refractivity contribution < 1.29 is 23.8 Å². The Bertz CT molecular complexity index is 802. The number of esters is 1. The summed E-state index contributed by atoms with van der Waals surface area (Å²) in [6.07, 6.45) is -0.530. The van der Waals surface area contributed by atoms with Gasteiger partial charge in [-0.1, -0.05) is 5.16 Å². The minimum atomic E-state index is -0.530. The van der Waals surface area contributed by atoms with Gasteiger partial charge in [0.2, 0.25) is 6.23 Å². The van der Waals surface area contributed by atoms with Gasteiger partial charge in [-0.15, -0.1) is 0 Å². The number of hydrogen-bond acceptors (Lipinski definition) is 7. The third-order valence-corrected chi connectivity index (χ3v) is 4.15. The van der Waals surface area contributed by atoms with E-state index >= 15 is 0 Å². The van der Waals surface area contributed by atoms with Crippen molar-refractivity contribution in [1.29, 1.82) is 0 Å². The van der Waals surface area contributed by atoms with Crippen LogP contribution in [0.15, 0.2) is 53.7 Å². The first kappa shape index (κ1) is 18.6. The Labute approximate surface area is 158 Å². The maximum absolute atomic E-state index is 12.1. The fraction of sp³-hybridized carbons (Fsp3) is 0.300. The second kappa shape index (κ2) is 8.44. The molecule has 0 N–H and O–H groups in total. The van der Waals surface area contributed by atoms with E-state index in [0.717, 1.165) is 22.6 Å². The Balaban J connectivity index is 1.88. The monoisotopic (exact) mass is 370 g/mol.